The van der Waals surface area contributed by atoms with Crippen molar-refractivity contribution in [2.45, 2.75) is 25.9 Å². The van der Waals surface area contributed by atoms with Crippen LogP contribution in [0, 0.1) is 5.92 Å². The fourth-order valence-electron chi connectivity index (χ4n) is 2.82. The maximum atomic E-state index is 12.2. The highest BCUT2D eigenvalue weighted by Crippen LogP contribution is 2.15. The molecule has 0 aromatic heterocycles. The molecule has 2 aliphatic heterocycles. The quantitative estimate of drug-likeness (QED) is 0.765. The number of amides is 1. The minimum atomic E-state index is 0.167. The third-order valence-electron chi connectivity index (χ3n) is 3.89. The number of nitrogens with zero attached hydrogens (tertiary/aromatic N) is 2. The van der Waals surface area contributed by atoms with E-state index in [0.717, 1.165) is 39.1 Å². The molecular formula is C13H25N3O2. The molecule has 0 aromatic carbocycles. The lowest BCUT2D eigenvalue weighted by molar-refractivity contribution is -0.139. The minimum Gasteiger partial charge on any atom is -0.375 e. The van der Waals surface area contributed by atoms with Crippen LogP contribution in [0.2, 0.25) is 0 Å². The molecule has 2 aliphatic rings. The Bertz CT molecular complexity index is 285. The maximum absolute atomic E-state index is 12.2. The molecular weight excluding hydrogens is 230 g/mol. The molecule has 2 heterocycles. The average Bonchev–Trinajstić information content (AvgIpc) is 2.39. The van der Waals surface area contributed by atoms with Gasteiger partial charge >= 0.3 is 0 Å². The first-order chi connectivity index (χ1) is 8.69. The van der Waals surface area contributed by atoms with E-state index in [9.17, 15) is 4.79 Å². The predicted molar refractivity (Wildman–Crippen MR) is 70.2 cm³/mol. The number of rotatable bonds is 3. The summed E-state index contributed by atoms with van der Waals surface area (Å²) in [5.74, 6) is 0.804. The van der Waals surface area contributed by atoms with Gasteiger partial charge in [-0.3, -0.25) is 9.69 Å². The number of nitrogens with two attached hydrogens (primary N) is 1. The minimum absolute atomic E-state index is 0.167. The van der Waals surface area contributed by atoms with E-state index in [-0.39, 0.29) is 12.0 Å². The topological polar surface area (TPSA) is 58.8 Å². The first-order valence-corrected chi connectivity index (χ1v) is 7.01. The first kappa shape index (κ1) is 13.8. The van der Waals surface area contributed by atoms with E-state index in [0.29, 0.717) is 19.1 Å². The molecule has 2 fully saturated rings. The van der Waals surface area contributed by atoms with Crippen LogP contribution in [0.15, 0.2) is 0 Å². The van der Waals surface area contributed by atoms with Crippen molar-refractivity contribution in [3.05, 3.63) is 0 Å². The van der Waals surface area contributed by atoms with Crippen LogP contribution in [0.3, 0.4) is 0 Å². The summed E-state index contributed by atoms with van der Waals surface area (Å²) in [7, 11) is 0. The zero-order valence-corrected chi connectivity index (χ0v) is 11.3. The molecule has 5 nitrogen and oxygen atoms in total. The summed E-state index contributed by atoms with van der Waals surface area (Å²) in [4.78, 5) is 16.4. The Balaban J connectivity index is 1.79. The largest absolute Gasteiger partial charge is 0.375 e. The van der Waals surface area contributed by atoms with Gasteiger partial charge in [0.1, 0.15) is 0 Å². The smallest absolute Gasteiger partial charge is 0.236 e. The Morgan fingerprint density at radius 1 is 1.39 bits per heavy atom. The summed E-state index contributed by atoms with van der Waals surface area (Å²) in [6, 6.07) is 0. The lowest BCUT2D eigenvalue weighted by Crippen LogP contribution is -2.50. The summed E-state index contributed by atoms with van der Waals surface area (Å²) >= 11 is 0. The monoisotopic (exact) mass is 255 g/mol. The van der Waals surface area contributed by atoms with Crippen molar-refractivity contribution in [3.63, 3.8) is 0 Å². The van der Waals surface area contributed by atoms with Gasteiger partial charge in [-0.1, -0.05) is 0 Å². The van der Waals surface area contributed by atoms with Gasteiger partial charge in [0.05, 0.1) is 19.3 Å². The van der Waals surface area contributed by atoms with Crippen molar-refractivity contribution in [1.82, 2.24) is 9.80 Å². The highest BCUT2D eigenvalue weighted by atomic mass is 16.5. The molecule has 0 aromatic rings. The van der Waals surface area contributed by atoms with Crippen LogP contribution in [0.25, 0.3) is 0 Å². The number of morpholine rings is 1. The van der Waals surface area contributed by atoms with Crippen molar-refractivity contribution < 1.29 is 9.53 Å². The Kier molecular flexibility index (Phi) is 4.97. The van der Waals surface area contributed by atoms with Gasteiger partial charge in [-0.25, -0.2) is 0 Å². The third-order valence-corrected chi connectivity index (χ3v) is 3.89. The number of ether oxygens (including phenoxy) is 1. The van der Waals surface area contributed by atoms with E-state index in [1.807, 2.05) is 11.8 Å². The van der Waals surface area contributed by atoms with E-state index < -0.39 is 0 Å². The van der Waals surface area contributed by atoms with E-state index >= 15 is 0 Å². The molecule has 0 spiro atoms. The van der Waals surface area contributed by atoms with E-state index in [4.69, 9.17) is 10.5 Å². The second kappa shape index (κ2) is 6.50. The van der Waals surface area contributed by atoms with Crippen LogP contribution in [0.1, 0.15) is 19.8 Å². The van der Waals surface area contributed by atoms with Crippen LogP contribution in [-0.2, 0) is 9.53 Å². The van der Waals surface area contributed by atoms with Crippen LogP contribution < -0.4 is 5.73 Å². The molecule has 0 bridgehead atoms. The molecule has 2 saturated heterocycles. The molecule has 104 valence electrons. The summed E-state index contributed by atoms with van der Waals surface area (Å²) in [6.07, 6.45) is 2.53. The van der Waals surface area contributed by atoms with Gasteiger partial charge in [-0.05, 0) is 38.8 Å². The normalized spacial score (nSPS) is 30.4. The Morgan fingerprint density at radius 3 is 2.94 bits per heavy atom. The van der Waals surface area contributed by atoms with Gasteiger partial charge in [0.25, 0.3) is 0 Å². The molecule has 1 amide bonds. The molecule has 0 aliphatic carbocycles. The van der Waals surface area contributed by atoms with E-state index in [1.165, 1.54) is 6.42 Å². The second-order valence-corrected chi connectivity index (χ2v) is 5.50. The third kappa shape index (κ3) is 3.67. The van der Waals surface area contributed by atoms with Gasteiger partial charge in [0, 0.05) is 19.6 Å². The fourth-order valence-corrected chi connectivity index (χ4v) is 2.82. The Morgan fingerprint density at radius 2 is 2.22 bits per heavy atom. The van der Waals surface area contributed by atoms with Crippen LogP contribution >= 0.6 is 0 Å². The second-order valence-electron chi connectivity index (χ2n) is 5.50. The molecule has 2 atom stereocenters. The zero-order valence-electron chi connectivity index (χ0n) is 11.3. The average molecular weight is 255 g/mol. The van der Waals surface area contributed by atoms with Crippen molar-refractivity contribution in [2.75, 3.05) is 45.9 Å². The first-order valence-electron chi connectivity index (χ1n) is 7.01. The predicted octanol–water partition coefficient (Wildman–Crippen LogP) is -0.0956. The number of carbonyl (C=O) groups excluding carboxylic acids is 1. The lowest BCUT2D eigenvalue weighted by atomic mass is 9.98. The number of piperidine rings is 1. The van der Waals surface area contributed by atoms with E-state index in [1.54, 1.807) is 0 Å². The van der Waals surface area contributed by atoms with Gasteiger partial charge in [0.2, 0.25) is 5.91 Å². The molecule has 2 rings (SSSR count). The van der Waals surface area contributed by atoms with Gasteiger partial charge < -0.3 is 15.4 Å². The Labute approximate surface area is 109 Å². The standard InChI is InChI=1S/C13H25N3O2/c1-11-8-16(5-6-18-11)13(17)10-15-4-2-3-12(7-14)9-15/h11-12H,2-10,14H2,1H3. The van der Waals surface area contributed by atoms with Crippen LogP contribution in [0.5, 0.6) is 0 Å². The van der Waals surface area contributed by atoms with Crippen molar-refractivity contribution >= 4 is 5.91 Å². The number of hydrogen-bond acceptors (Lipinski definition) is 4. The molecule has 2 N–H and O–H groups in total. The Hall–Kier alpha value is -0.650. The van der Waals surface area contributed by atoms with Crippen molar-refractivity contribution in [3.8, 4) is 0 Å². The highest BCUT2D eigenvalue weighted by Gasteiger charge is 2.25. The summed E-state index contributed by atoms with van der Waals surface area (Å²) in [5.41, 5.74) is 5.72. The number of hydrogen-bond donors (Lipinski definition) is 1. The number of likely N-dealkylation sites (tertiary alicyclic amines) is 1. The van der Waals surface area contributed by atoms with E-state index in [2.05, 4.69) is 4.90 Å². The summed E-state index contributed by atoms with van der Waals surface area (Å²) in [5, 5.41) is 0. The molecule has 2 unspecified atom stereocenters. The SMILES string of the molecule is CC1CN(C(=O)CN2CCCC(CN)C2)CCO1. The zero-order chi connectivity index (χ0) is 13.0. The van der Waals surface area contributed by atoms with Gasteiger partial charge in [-0.2, -0.15) is 0 Å². The molecule has 18 heavy (non-hydrogen) atoms. The highest BCUT2D eigenvalue weighted by molar-refractivity contribution is 5.78. The lowest BCUT2D eigenvalue weighted by Gasteiger charge is -2.35. The molecule has 0 radical (unpaired) electrons. The maximum Gasteiger partial charge on any atom is 0.236 e. The molecule has 0 saturated carbocycles. The number of carbonyl (C=O) groups is 1. The van der Waals surface area contributed by atoms with Gasteiger partial charge in [0.15, 0.2) is 0 Å². The van der Waals surface area contributed by atoms with Crippen LogP contribution in [-0.4, -0.2) is 67.7 Å². The van der Waals surface area contributed by atoms with Gasteiger partial charge in [-0.15, -0.1) is 0 Å². The summed E-state index contributed by atoms with van der Waals surface area (Å²) < 4.78 is 5.46. The van der Waals surface area contributed by atoms with Crippen molar-refractivity contribution in [2.24, 2.45) is 11.7 Å². The van der Waals surface area contributed by atoms with Crippen molar-refractivity contribution in [1.29, 1.82) is 0 Å². The molecule has 5 heteroatoms. The summed E-state index contributed by atoms with van der Waals surface area (Å²) in [6.45, 7) is 7.43. The van der Waals surface area contributed by atoms with Crippen LogP contribution in [0.4, 0.5) is 0 Å². The fraction of sp³-hybridized carbons (Fsp3) is 0.923.